The highest BCUT2D eigenvalue weighted by atomic mass is 16.6. The van der Waals surface area contributed by atoms with Crippen LogP contribution in [-0.2, 0) is 11.3 Å². The van der Waals surface area contributed by atoms with Gasteiger partial charge in [0.2, 0.25) is 5.75 Å². The van der Waals surface area contributed by atoms with Gasteiger partial charge in [-0.25, -0.2) is 10.3 Å². The van der Waals surface area contributed by atoms with Crippen LogP contribution in [0, 0.1) is 5.92 Å². The normalized spacial score (nSPS) is 13.8. The zero-order chi connectivity index (χ0) is 17.4. The van der Waals surface area contributed by atoms with Crippen LogP contribution in [-0.4, -0.2) is 40.5 Å². The lowest BCUT2D eigenvalue weighted by Crippen LogP contribution is -2.35. The smallest absolute Gasteiger partial charge is 0.338 e. The van der Waals surface area contributed by atoms with E-state index in [1.807, 2.05) is 12.1 Å². The van der Waals surface area contributed by atoms with Gasteiger partial charge in [0.15, 0.2) is 11.5 Å². The molecule has 2 amide bonds. The summed E-state index contributed by atoms with van der Waals surface area (Å²) in [6, 6.07) is 3.44. The molecule has 1 aromatic rings. The number of methoxy groups -OCH3 is 2. The molecule has 0 spiro atoms. The second-order valence-electron chi connectivity index (χ2n) is 5.75. The maximum absolute atomic E-state index is 11.3. The molecule has 134 valence electrons. The van der Waals surface area contributed by atoms with Crippen molar-refractivity contribution < 1.29 is 23.8 Å². The van der Waals surface area contributed by atoms with Gasteiger partial charge in [-0.05, 0) is 42.9 Å². The molecule has 7 nitrogen and oxygen atoms in total. The van der Waals surface area contributed by atoms with Crippen molar-refractivity contribution in [3.63, 3.8) is 0 Å². The first-order valence-electron chi connectivity index (χ1n) is 8.12. The third-order valence-corrected chi connectivity index (χ3v) is 4.10. The van der Waals surface area contributed by atoms with Gasteiger partial charge in [-0.15, -0.1) is 0 Å². The highest BCUT2D eigenvalue weighted by Gasteiger charge is 2.21. The minimum absolute atomic E-state index is 0.378. The quantitative estimate of drug-likeness (QED) is 0.676. The summed E-state index contributed by atoms with van der Waals surface area (Å²) in [6.45, 7) is 1.15. The van der Waals surface area contributed by atoms with Gasteiger partial charge in [0, 0.05) is 6.54 Å². The van der Waals surface area contributed by atoms with E-state index in [0.29, 0.717) is 42.7 Å². The fourth-order valence-corrected chi connectivity index (χ4v) is 2.53. The van der Waals surface area contributed by atoms with Gasteiger partial charge in [0.1, 0.15) is 0 Å². The van der Waals surface area contributed by atoms with Gasteiger partial charge < -0.3 is 19.5 Å². The average molecular weight is 338 g/mol. The predicted octanol–water partition coefficient (Wildman–Crippen LogP) is 2.29. The van der Waals surface area contributed by atoms with Gasteiger partial charge >= 0.3 is 6.03 Å². The molecule has 1 aliphatic carbocycles. The highest BCUT2D eigenvalue weighted by molar-refractivity contribution is 5.72. The molecule has 24 heavy (non-hydrogen) atoms. The molecule has 1 aliphatic rings. The molecule has 7 heteroatoms. The molecule has 0 saturated heterocycles. The van der Waals surface area contributed by atoms with Crippen LogP contribution in [0.3, 0.4) is 0 Å². The summed E-state index contributed by atoms with van der Waals surface area (Å²) in [4.78, 5) is 15.8. The van der Waals surface area contributed by atoms with E-state index >= 15 is 0 Å². The Hall–Kier alpha value is -2.15. The SMILES string of the molecule is CONC(=O)NCCc1cc(OC)c(OCC2CCC2)c(OC)c1. The molecule has 0 unspecified atom stereocenters. The molecule has 0 bridgehead atoms. The van der Waals surface area contributed by atoms with Crippen molar-refractivity contribution in [1.29, 1.82) is 0 Å². The number of hydroxylamine groups is 1. The molecule has 0 atom stereocenters. The number of amides is 2. The Morgan fingerprint density at radius 1 is 1.17 bits per heavy atom. The molecule has 1 aromatic carbocycles. The van der Waals surface area contributed by atoms with Gasteiger partial charge in [0.05, 0.1) is 27.9 Å². The molecule has 0 aromatic heterocycles. The summed E-state index contributed by atoms with van der Waals surface area (Å²) < 4.78 is 16.8. The third kappa shape index (κ3) is 4.92. The van der Waals surface area contributed by atoms with E-state index in [2.05, 4.69) is 15.6 Å². The Labute approximate surface area is 142 Å². The zero-order valence-electron chi connectivity index (χ0n) is 14.5. The largest absolute Gasteiger partial charge is 0.493 e. The monoisotopic (exact) mass is 338 g/mol. The Morgan fingerprint density at radius 2 is 1.83 bits per heavy atom. The van der Waals surface area contributed by atoms with Crippen molar-refractivity contribution in [2.24, 2.45) is 5.92 Å². The Morgan fingerprint density at radius 3 is 2.33 bits per heavy atom. The molecule has 1 saturated carbocycles. The number of rotatable bonds is 9. The predicted molar refractivity (Wildman–Crippen MR) is 89.6 cm³/mol. The van der Waals surface area contributed by atoms with Gasteiger partial charge in [0.25, 0.3) is 0 Å². The van der Waals surface area contributed by atoms with Crippen LogP contribution in [0.5, 0.6) is 17.2 Å². The number of ether oxygens (including phenoxy) is 3. The second kappa shape index (κ2) is 9.22. The Bertz CT molecular complexity index is 521. The van der Waals surface area contributed by atoms with Crippen molar-refractivity contribution in [3.8, 4) is 17.2 Å². The van der Waals surface area contributed by atoms with E-state index in [9.17, 15) is 4.79 Å². The number of carbonyl (C=O) groups is 1. The second-order valence-corrected chi connectivity index (χ2v) is 5.75. The van der Waals surface area contributed by atoms with Crippen LogP contribution in [0.4, 0.5) is 4.79 Å². The van der Waals surface area contributed by atoms with Crippen LogP contribution in [0.25, 0.3) is 0 Å². The van der Waals surface area contributed by atoms with Crippen LogP contribution in [0.2, 0.25) is 0 Å². The maximum atomic E-state index is 11.3. The van der Waals surface area contributed by atoms with E-state index in [1.165, 1.54) is 26.4 Å². The van der Waals surface area contributed by atoms with Crippen molar-refractivity contribution in [2.75, 3.05) is 34.5 Å². The molecule has 2 N–H and O–H groups in total. The molecule has 1 fully saturated rings. The zero-order valence-corrected chi connectivity index (χ0v) is 14.5. The van der Waals surface area contributed by atoms with E-state index in [-0.39, 0.29) is 6.03 Å². The van der Waals surface area contributed by atoms with Gasteiger partial charge in [-0.2, -0.15) is 0 Å². The summed E-state index contributed by atoms with van der Waals surface area (Å²) in [7, 11) is 4.61. The van der Waals surface area contributed by atoms with Crippen LogP contribution < -0.4 is 25.0 Å². The van der Waals surface area contributed by atoms with E-state index in [1.54, 1.807) is 14.2 Å². The molecular formula is C17H26N2O5. The summed E-state index contributed by atoms with van der Waals surface area (Å²) >= 11 is 0. The molecule has 0 radical (unpaired) electrons. The molecule has 0 aliphatic heterocycles. The fourth-order valence-electron chi connectivity index (χ4n) is 2.53. The summed E-state index contributed by atoms with van der Waals surface area (Å²) in [5.74, 6) is 2.55. The van der Waals surface area contributed by atoms with E-state index < -0.39 is 0 Å². The van der Waals surface area contributed by atoms with E-state index in [4.69, 9.17) is 14.2 Å². The Kier molecular flexibility index (Phi) is 6.99. The van der Waals surface area contributed by atoms with Crippen LogP contribution >= 0.6 is 0 Å². The minimum atomic E-state index is -0.378. The van der Waals surface area contributed by atoms with Gasteiger partial charge in [-0.1, -0.05) is 6.42 Å². The first-order chi connectivity index (χ1) is 11.7. The fraction of sp³-hybridized carbons (Fsp3) is 0.588. The van der Waals surface area contributed by atoms with Crippen molar-refractivity contribution in [1.82, 2.24) is 10.8 Å². The lowest BCUT2D eigenvalue weighted by Gasteiger charge is -2.26. The maximum Gasteiger partial charge on any atom is 0.338 e. The minimum Gasteiger partial charge on any atom is -0.493 e. The number of carbonyl (C=O) groups excluding carboxylic acids is 1. The van der Waals surface area contributed by atoms with Gasteiger partial charge in [-0.3, -0.25) is 4.84 Å². The molecule has 0 heterocycles. The Balaban J connectivity index is 2.00. The number of hydrogen-bond acceptors (Lipinski definition) is 5. The third-order valence-electron chi connectivity index (χ3n) is 4.10. The lowest BCUT2D eigenvalue weighted by molar-refractivity contribution is 0.107. The summed E-state index contributed by atoms with van der Waals surface area (Å²) in [5, 5.41) is 2.69. The van der Waals surface area contributed by atoms with Crippen LogP contribution in [0.1, 0.15) is 24.8 Å². The summed E-state index contributed by atoms with van der Waals surface area (Å²) in [5.41, 5.74) is 3.19. The van der Waals surface area contributed by atoms with Crippen molar-refractivity contribution in [3.05, 3.63) is 17.7 Å². The number of nitrogens with one attached hydrogen (secondary N) is 2. The topological polar surface area (TPSA) is 78.1 Å². The van der Waals surface area contributed by atoms with Crippen molar-refractivity contribution >= 4 is 6.03 Å². The summed E-state index contributed by atoms with van der Waals surface area (Å²) in [6.07, 6.45) is 4.35. The lowest BCUT2D eigenvalue weighted by atomic mass is 9.86. The van der Waals surface area contributed by atoms with Crippen molar-refractivity contribution in [2.45, 2.75) is 25.7 Å². The number of hydrogen-bond donors (Lipinski definition) is 2. The first-order valence-corrected chi connectivity index (χ1v) is 8.12. The number of benzene rings is 1. The highest BCUT2D eigenvalue weighted by Crippen LogP contribution is 2.40. The standard InChI is InChI=1S/C17H26N2O5/c1-21-14-9-13(7-8-18-17(20)19-23-3)10-15(22-2)16(14)24-11-12-5-4-6-12/h9-10,12H,4-8,11H2,1-3H3,(H2,18,19,20). The molecular weight excluding hydrogens is 312 g/mol. The first kappa shape index (κ1) is 18.2. The average Bonchev–Trinajstić information content (AvgIpc) is 2.54. The molecule has 2 rings (SSSR count). The van der Waals surface area contributed by atoms with E-state index in [0.717, 1.165) is 5.56 Å². The number of urea groups is 1. The van der Waals surface area contributed by atoms with Crippen LogP contribution in [0.15, 0.2) is 12.1 Å².